The number of ether oxygens (including phenoxy) is 2. The molecule has 4 fully saturated rings. The topological polar surface area (TPSA) is 144 Å². The van der Waals surface area contributed by atoms with Gasteiger partial charge in [0.15, 0.2) is 6.61 Å². The van der Waals surface area contributed by atoms with Crippen LogP contribution in [0.5, 0.6) is 0 Å². The van der Waals surface area contributed by atoms with Gasteiger partial charge in [0.2, 0.25) is 0 Å². The summed E-state index contributed by atoms with van der Waals surface area (Å²) >= 11 is 0. The first-order valence-electron chi connectivity index (χ1n) is 13.1. The summed E-state index contributed by atoms with van der Waals surface area (Å²) in [6, 6.07) is 0. The molecule has 0 heterocycles. The van der Waals surface area contributed by atoms with Crippen molar-refractivity contribution in [2.75, 3.05) is 6.61 Å². The van der Waals surface area contributed by atoms with Gasteiger partial charge in [0.1, 0.15) is 5.60 Å². The maximum absolute atomic E-state index is 13.8. The molecule has 2 unspecified atom stereocenters. The molecule has 8 radical (unpaired) electrons. The van der Waals surface area contributed by atoms with Crippen LogP contribution in [0.25, 0.3) is 0 Å². The average molecular weight is 584 g/mol. The number of aromatic carboxylic acids is 1. The van der Waals surface area contributed by atoms with E-state index in [0.29, 0.717) is 30.4 Å². The Morgan fingerprint density at radius 1 is 0.878 bits per heavy atom. The smallest absolute Gasteiger partial charge is 0.402 e. The van der Waals surface area contributed by atoms with Gasteiger partial charge in [0, 0.05) is 6.42 Å². The van der Waals surface area contributed by atoms with Crippen LogP contribution in [0, 0.1) is 17.3 Å². The predicted octanol–water partition coefficient (Wildman–Crippen LogP) is 1.58. The first kappa shape index (κ1) is 31.6. The fourth-order valence-electron chi connectivity index (χ4n) is 7.53. The first-order chi connectivity index (χ1) is 19.1. The highest BCUT2D eigenvalue weighted by Gasteiger charge is 2.63. The largest absolute Gasteiger partial charge is 0.478 e. The molecule has 4 bridgehead atoms. The van der Waals surface area contributed by atoms with Gasteiger partial charge in [-0.05, 0) is 55.1 Å². The molecule has 1 aromatic rings. The lowest BCUT2D eigenvalue weighted by Gasteiger charge is -2.59. The molecule has 0 spiro atoms. The number of carboxylic acids is 1. The Labute approximate surface area is 241 Å². The van der Waals surface area contributed by atoms with Crippen molar-refractivity contribution in [3.05, 3.63) is 33.4 Å². The molecule has 5 rings (SSSR count). The van der Waals surface area contributed by atoms with Crippen molar-refractivity contribution >= 4 is 59.4 Å². The summed E-state index contributed by atoms with van der Waals surface area (Å²) in [5, 5.41) is 5.40. The van der Waals surface area contributed by atoms with E-state index in [9.17, 15) is 36.7 Å². The van der Waals surface area contributed by atoms with Crippen LogP contribution < -0.4 is 0 Å². The van der Waals surface area contributed by atoms with Crippen molar-refractivity contribution in [1.29, 1.82) is 0 Å². The van der Waals surface area contributed by atoms with E-state index in [2.05, 4.69) is 0 Å². The maximum atomic E-state index is 13.8. The molecular formula is C25H26B4F2O9S. The highest BCUT2D eigenvalue weighted by molar-refractivity contribution is 7.86. The molecule has 4 saturated carbocycles. The third-order valence-electron chi connectivity index (χ3n) is 8.68. The molecule has 9 nitrogen and oxygen atoms in total. The van der Waals surface area contributed by atoms with Gasteiger partial charge in [-0.25, -0.2) is 9.59 Å². The van der Waals surface area contributed by atoms with Gasteiger partial charge >= 0.3 is 33.3 Å². The van der Waals surface area contributed by atoms with E-state index in [1.807, 2.05) is 0 Å². The Kier molecular flexibility index (Phi) is 8.52. The van der Waals surface area contributed by atoms with Crippen LogP contribution in [0.4, 0.5) is 8.78 Å². The van der Waals surface area contributed by atoms with Crippen LogP contribution in [-0.4, -0.2) is 84.8 Å². The number of esters is 2. The monoisotopic (exact) mass is 584 g/mol. The summed E-state index contributed by atoms with van der Waals surface area (Å²) in [5.41, 5.74) is -2.25. The summed E-state index contributed by atoms with van der Waals surface area (Å²) in [4.78, 5) is 39.4. The average Bonchev–Trinajstić information content (AvgIpc) is 2.87. The third-order valence-corrected chi connectivity index (χ3v) is 9.55. The molecule has 212 valence electrons. The van der Waals surface area contributed by atoms with Crippen molar-refractivity contribution in [2.45, 2.75) is 74.7 Å². The van der Waals surface area contributed by atoms with Crippen molar-refractivity contribution in [2.24, 2.45) is 17.3 Å². The zero-order valence-corrected chi connectivity index (χ0v) is 23.0. The maximum Gasteiger partial charge on any atom is 0.402 e. The molecule has 2 atom stereocenters. The molecule has 1 aromatic carbocycles. The molecular weight excluding hydrogens is 558 g/mol. The summed E-state index contributed by atoms with van der Waals surface area (Å²) in [7, 11) is 17.8. The lowest BCUT2D eigenvalue weighted by Crippen LogP contribution is -2.60. The second-order valence-electron chi connectivity index (χ2n) is 11.3. The summed E-state index contributed by atoms with van der Waals surface area (Å²) in [6.45, 7) is -1.87. The molecule has 0 aliphatic heterocycles. The quantitative estimate of drug-likeness (QED) is 0.225. The van der Waals surface area contributed by atoms with E-state index in [0.717, 1.165) is 0 Å². The molecule has 2 N–H and O–H groups in total. The molecule has 0 amide bonds. The van der Waals surface area contributed by atoms with E-state index in [1.54, 1.807) is 0 Å². The van der Waals surface area contributed by atoms with Crippen molar-refractivity contribution in [1.82, 2.24) is 0 Å². The molecule has 4 aliphatic carbocycles. The summed E-state index contributed by atoms with van der Waals surface area (Å²) in [6.07, 6.45) is 1.09. The number of hydrogen-bond donors (Lipinski definition) is 2. The number of hydrogen-bond acceptors (Lipinski definition) is 7. The minimum absolute atomic E-state index is 0.0935. The van der Waals surface area contributed by atoms with Crippen LogP contribution in [0.1, 0.15) is 81.5 Å². The van der Waals surface area contributed by atoms with Gasteiger partial charge in [-0.3, -0.25) is 9.35 Å². The van der Waals surface area contributed by atoms with Gasteiger partial charge in [0.05, 0.1) is 47.9 Å². The van der Waals surface area contributed by atoms with Gasteiger partial charge in [0.25, 0.3) is 0 Å². The number of halogens is 2. The second-order valence-corrected chi connectivity index (χ2v) is 12.8. The zero-order chi connectivity index (χ0) is 30.5. The highest BCUT2D eigenvalue weighted by atomic mass is 32.2. The number of alkyl halides is 2. The normalized spacial score (nSPS) is 27.0. The standard InChI is InChI=1S/C25H26B4F2O9S/c26-6-14-15(7-27)17(9-29)19(18(20(32)33)16(14)8-28)21(34)40-24-4-12-1-13(5-24)3-23(2-12,10-24)22(35)39-11-25(30,31)41(36,37)38/h12-13H,1-11H2,(H,32,33)(H,36,37,38). The van der Waals surface area contributed by atoms with Crippen LogP contribution in [0.2, 0.25) is 0 Å². The lowest BCUT2D eigenvalue weighted by molar-refractivity contribution is -0.200. The Morgan fingerprint density at radius 2 is 1.37 bits per heavy atom. The van der Waals surface area contributed by atoms with Gasteiger partial charge < -0.3 is 14.6 Å². The molecule has 16 heteroatoms. The number of carbonyl (C=O) groups excluding carboxylic acids is 2. The van der Waals surface area contributed by atoms with E-state index >= 15 is 0 Å². The van der Waals surface area contributed by atoms with Gasteiger partial charge in [-0.2, -0.15) is 17.2 Å². The third kappa shape index (κ3) is 5.46. The Bertz CT molecular complexity index is 1370. The van der Waals surface area contributed by atoms with Crippen LogP contribution >= 0.6 is 0 Å². The van der Waals surface area contributed by atoms with E-state index < -0.39 is 56.5 Å². The zero-order valence-electron chi connectivity index (χ0n) is 22.2. The first-order valence-corrected chi connectivity index (χ1v) is 14.5. The van der Waals surface area contributed by atoms with Gasteiger partial charge in [-0.1, -0.05) is 36.4 Å². The number of carbonyl (C=O) groups is 3. The Hall–Kier alpha value is -2.34. The summed E-state index contributed by atoms with van der Waals surface area (Å²) in [5.74, 6) is -3.79. The van der Waals surface area contributed by atoms with Crippen LogP contribution in [-0.2, 0) is 49.7 Å². The van der Waals surface area contributed by atoms with E-state index in [4.69, 9.17) is 45.4 Å². The van der Waals surface area contributed by atoms with Crippen LogP contribution in [0.15, 0.2) is 0 Å². The minimum atomic E-state index is -5.81. The van der Waals surface area contributed by atoms with Crippen molar-refractivity contribution in [3.8, 4) is 0 Å². The van der Waals surface area contributed by atoms with Crippen molar-refractivity contribution < 1.29 is 50.7 Å². The second kappa shape index (κ2) is 11.1. The molecule has 0 aromatic heterocycles. The van der Waals surface area contributed by atoms with Gasteiger partial charge in [-0.15, -0.1) is 0 Å². The van der Waals surface area contributed by atoms with E-state index in [1.165, 1.54) is 0 Å². The fourth-order valence-corrected chi connectivity index (χ4v) is 7.74. The minimum Gasteiger partial charge on any atom is -0.478 e. The fraction of sp³-hybridized carbons (Fsp3) is 0.640. The number of rotatable bonds is 11. The Morgan fingerprint density at radius 3 is 1.80 bits per heavy atom. The number of benzene rings is 1. The van der Waals surface area contributed by atoms with Crippen LogP contribution in [0.3, 0.4) is 0 Å². The Balaban J connectivity index is 1.71. The van der Waals surface area contributed by atoms with E-state index in [-0.39, 0.29) is 73.1 Å². The number of carboxylic acid groups (broad SMARTS) is 1. The lowest BCUT2D eigenvalue weighted by atomic mass is 9.48. The highest BCUT2D eigenvalue weighted by Crippen LogP contribution is 2.63. The molecule has 0 saturated heterocycles. The van der Waals surface area contributed by atoms with Crippen molar-refractivity contribution in [3.63, 3.8) is 0 Å². The molecule has 41 heavy (non-hydrogen) atoms. The SMILES string of the molecule is [B]Cc1c(C[B])c(C[B])c(C(=O)OC23CC4CC(C2)CC(C(=O)OCC(F)(F)S(=O)(=O)O)(C4)C3)c(C(=O)O)c1C[B]. The molecule has 4 aliphatic rings. The summed E-state index contributed by atoms with van der Waals surface area (Å²) < 4.78 is 69.0. The predicted molar refractivity (Wildman–Crippen MR) is 144 cm³/mol.